The standard InChI is InChI=1S/C15H21F3N2O/c1-2-20(10-6-4-3-5-7-10)13-9-14(21-15(17)18)11(16)8-12(13)19/h8-10,15H,2-7,19H2,1H3. The maximum absolute atomic E-state index is 13.6. The molecular formula is C15H21F3N2O. The highest BCUT2D eigenvalue weighted by atomic mass is 19.3. The first-order valence-corrected chi connectivity index (χ1v) is 7.33. The minimum absolute atomic E-state index is 0.251. The topological polar surface area (TPSA) is 38.5 Å². The molecule has 1 aromatic carbocycles. The van der Waals surface area contributed by atoms with Crippen LogP contribution in [0.4, 0.5) is 24.5 Å². The fourth-order valence-corrected chi connectivity index (χ4v) is 3.01. The third kappa shape index (κ3) is 3.74. The highest BCUT2D eigenvalue weighted by Crippen LogP contribution is 2.35. The molecule has 6 heteroatoms. The molecule has 0 bridgehead atoms. The maximum Gasteiger partial charge on any atom is 0.387 e. The molecule has 1 saturated carbocycles. The SMILES string of the molecule is CCN(c1cc(OC(F)F)c(F)cc1N)C1CCCCC1. The summed E-state index contributed by atoms with van der Waals surface area (Å²) in [5, 5.41) is 0. The van der Waals surface area contributed by atoms with E-state index >= 15 is 0 Å². The van der Waals surface area contributed by atoms with Crippen molar-refractivity contribution in [2.24, 2.45) is 0 Å². The average Bonchev–Trinajstić information content (AvgIpc) is 2.45. The van der Waals surface area contributed by atoms with Crippen LogP contribution in [-0.2, 0) is 0 Å². The Morgan fingerprint density at radius 1 is 1.29 bits per heavy atom. The van der Waals surface area contributed by atoms with Crippen molar-refractivity contribution < 1.29 is 17.9 Å². The van der Waals surface area contributed by atoms with Crippen molar-refractivity contribution in [3.63, 3.8) is 0 Å². The average molecular weight is 302 g/mol. The number of alkyl halides is 2. The van der Waals surface area contributed by atoms with Gasteiger partial charge in [-0.3, -0.25) is 0 Å². The summed E-state index contributed by atoms with van der Waals surface area (Å²) in [6.07, 6.45) is 5.57. The molecule has 0 radical (unpaired) electrons. The van der Waals surface area contributed by atoms with Crippen molar-refractivity contribution in [1.29, 1.82) is 0 Å². The van der Waals surface area contributed by atoms with Gasteiger partial charge in [-0.05, 0) is 19.8 Å². The number of nitrogen functional groups attached to an aromatic ring is 1. The van der Waals surface area contributed by atoms with Gasteiger partial charge in [0.2, 0.25) is 0 Å². The zero-order valence-corrected chi connectivity index (χ0v) is 12.1. The number of anilines is 2. The van der Waals surface area contributed by atoms with E-state index in [1.807, 2.05) is 6.92 Å². The third-order valence-electron chi connectivity index (χ3n) is 3.96. The number of ether oxygens (including phenoxy) is 1. The number of hydrogen-bond acceptors (Lipinski definition) is 3. The molecule has 21 heavy (non-hydrogen) atoms. The molecule has 2 N–H and O–H groups in total. The number of rotatable bonds is 5. The Hall–Kier alpha value is -1.59. The number of nitrogens with two attached hydrogens (primary N) is 1. The monoisotopic (exact) mass is 302 g/mol. The Kier molecular flexibility index (Phi) is 5.20. The van der Waals surface area contributed by atoms with Crippen molar-refractivity contribution in [3.8, 4) is 5.75 Å². The van der Waals surface area contributed by atoms with Crippen LogP contribution in [-0.4, -0.2) is 19.2 Å². The second-order valence-corrected chi connectivity index (χ2v) is 5.30. The molecule has 3 nitrogen and oxygen atoms in total. The van der Waals surface area contributed by atoms with Crippen LogP contribution in [0.5, 0.6) is 5.75 Å². The van der Waals surface area contributed by atoms with Crippen molar-refractivity contribution in [2.75, 3.05) is 17.2 Å². The zero-order chi connectivity index (χ0) is 15.4. The lowest BCUT2D eigenvalue weighted by molar-refractivity contribution is -0.0521. The molecule has 0 amide bonds. The predicted octanol–water partition coefficient (Wildman–Crippen LogP) is 4.17. The normalized spacial score (nSPS) is 16.2. The first-order valence-electron chi connectivity index (χ1n) is 7.33. The molecule has 2 rings (SSSR count). The zero-order valence-electron chi connectivity index (χ0n) is 12.1. The van der Waals surface area contributed by atoms with Crippen LogP contribution < -0.4 is 15.4 Å². The number of hydrogen-bond donors (Lipinski definition) is 1. The summed E-state index contributed by atoms with van der Waals surface area (Å²) in [4.78, 5) is 2.06. The fourth-order valence-electron chi connectivity index (χ4n) is 3.01. The minimum Gasteiger partial charge on any atom is -0.432 e. The van der Waals surface area contributed by atoms with Crippen molar-refractivity contribution in [3.05, 3.63) is 17.9 Å². The summed E-state index contributed by atoms with van der Waals surface area (Å²) in [5.74, 6) is -1.32. The van der Waals surface area contributed by atoms with Gasteiger partial charge >= 0.3 is 6.61 Å². The van der Waals surface area contributed by atoms with Crippen molar-refractivity contribution >= 4 is 11.4 Å². The molecule has 1 aliphatic carbocycles. The highest BCUT2D eigenvalue weighted by Gasteiger charge is 2.23. The minimum atomic E-state index is -3.05. The quantitative estimate of drug-likeness (QED) is 0.830. The molecule has 1 fully saturated rings. The molecule has 118 valence electrons. The first-order chi connectivity index (χ1) is 10.0. The van der Waals surface area contributed by atoms with Crippen LogP contribution in [0.3, 0.4) is 0 Å². The first kappa shape index (κ1) is 15.8. The Morgan fingerprint density at radius 3 is 2.52 bits per heavy atom. The third-order valence-corrected chi connectivity index (χ3v) is 3.96. The van der Waals surface area contributed by atoms with E-state index in [-0.39, 0.29) is 5.69 Å². The second kappa shape index (κ2) is 6.91. The van der Waals surface area contributed by atoms with E-state index in [4.69, 9.17) is 5.73 Å². The van der Waals surface area contributed by atoms with Gasteiger partial charge in [-0.15, -0.1) is 0 Å². The molecule has 0 atom stereocenters. The lowest BCUT2D eigenvalue weighted by atomic mass is 9.93. The summed E-state index contributed by atoms with van der Waals surface area (Å²) >= 11 is 0. The molecule has 0 aliphatic heterocycles. The lowest BCUT2D eigenvalue weighted by Gasteiger charge is -2.36. The van der Waals surface area contributed by atoms with Gasteiger partial charge in [-0.25, -0.2) is 4.39 Å². The summed E-state index contributed by atoms with van der Waals surface area (Å²) < 4.78 is 42.5. The van der Waals surface area contributed by atoms with Crippen molar-refractivity contribution in [1.82, 2.24) is 0 Å². The fraction of sp³-hybridized carbons (Fsp3) is 0.600. The summed E-state index contributed by atoms with van der Waals surface area (Å²) in [7, 11) is 0. The van der Waals surface area contributed by atoms with Crippen LogP contribution in [0.1, 0.15) is 39.0 Å². The van der Waals surface area contributed by atoms with E-state index in [1.165, 1.54) is 12.5 Å². The van der Waals surface area contributed by atoms with Gasteiger partial charge in [-0.1, -0.05) is 19.3 Å². The smallest absolute Gasteiger partial charge is 0.387 e. The van der Waals surface area contributed by atoms with Crippen molar-refractivity contribution in [2.45, 2.75) is 51.7 Å². The molecule has 0 spiro atoms. The summed E-state index contributed by atoms with van der Waals surface area (Å²) in [6.45, 7) is -0.389. The number of nitrogens with zero attached hydrogens (tertiary/aromatic N) is 1. The largest absolute Gasteiger partial charge is 0.432 e. The summed E-state index contributed by atoms with van der Waals surface area (Å²) in [6, 6.07) is 2.66. The van der Waals surface area contributed by atoms with Gasteiger partial charge in [0, 0.05) is 24.7 Å². The van der Waals surface area contributed by atoms with Gasteiger partial charge in [-0.2, -0.15) is 8.78 Å². The van der Waals surface area contributed by atoms with E-state index < -0.39 is 18.2 Å². The molecule has 1 aromatic rings. The Labute approximate surface area is 122 Å². The lowest BCUT2D eigenvalue weighted by Crippen LogP contribution is -2.37. The summed E-state index contributed by atoms with van der Waals surface area (Å²) in [5.41, 5.74) is 6.70. The molecule has 0 unspecified atom stereocenters. The van der Waals surface area contributed by atoms with Gasteiger partial charge < -0.3 is 15.4 Å². The van der Waals surface area contributed by atoms with Crippen LogP contribution in [0, 0.1) is 5.82 Å². The van der Waals surface area contributed by atoms with Gasteiger partial charge in [0.05, 0.1) is 11.4 Å². The molecular weight excluding hydrogens is 281 g/mol. The molecule has 0 aromatic heterocycles. The Balaban J connectivity index is 2.30. The Morgan fingerprint density at radius 2 is 1.95 bits per heavy atom. The Bertz CT molecular complexity index is 476. The second-order valence-electron chi connectivity index (χ2n) is 5.30. The molecule has 0 saturated heterocycles. The van der Waals surface area contributed by atoms with E-state index in [2.05, 4.69) is 9.64 Å². The maximum atomic E-state index is 13.6. The van der Waals surface area contributed by atoms with Gasteiger partial charge in [0.25, 0.3) is 0 Å². The van der Waals surface area contributed by atoms with Crippen LogP contribution in [0.15, 0.2) is 12.1 Å². The highest BCUT2D eigenvalue weighted by molar-refractivity contribution is 5.70. The van der Waals surface area contributed by atoms with E-state index in [1.54, 1.807) is 0 Å². The van der Waals surface area contributed by atoms with Crippen LogP contribution in [0.25, 0.3) is 0 Å². The predicted molar refractivity (Wildman–Crippen MR) is 77.3 cm³/mol. The molecule has 0 heterocycles. The number of benzene rings is 1. The van der Waals surface area contributed by atoms with E-state index in [0.717, 1.165) is 31.7 Å². The van der Waals surface area contributed by atoms with Crippen LogP contribution >= 0.6 is 0 Å². The van der Waals surface area contributed by atoms with Gasteiger partial charge in [0.15, 0.2) is 11.6 Å². The van der Waals surface area contributed by atoms with E-state index in [9.17, 15) is 13.2 Å². The van der Waals surface area contributed by atoms with E-state index in [0.29, 0.717) is 18.3 Å². The van der Waals surface area contributed by atoms with Gasteiger partial charge in [0.1, 0.15) is 0 Å². The number of halogens is 3. The van der Waals surface area contributed by atoms with Crippen LogP contribution in [0.2, 0.25) is 0 Å². The molecule has 1 aliphatic rings.